The summed E-state index contributed by atoms with van der Waals surface area (Å²) in [4.78, 5) is 61.5. The van der Waals surface area contributed by atoms with Crippen molar-refractivity contribution in [2.24, 2.45) is 0 Å². The summed E-state index contributed by atoms with van der Waals surface area (Å²) in [5.74, 6) is -2.07. The number of carbonyl (C=O) groups excluding carboxylic acids is 5. The van der Waals surface area contributed by atoms with E-state index in [9.17, 15) is 29.1 Å². The second kappa shape index (κ2) is 34.7. The van der Waals surface area contributed by atoms with Gasteiger partial charge in [0.15, 0.2) is 6.04 Å². The van der Waals surface area contributed by atoms with Crippen LogP contribution in [-0.4, -0.2) is 84.8 Å². The van der Waals surface area contributed by atoms with Crippen molar-refractivity contribution in [3.63, 3.8) is 0 Å². The summed E-state index contributed by atoms with van der Waals surface area (Å²) in [6.45, 7) is 5.16. The van der Waals surface area contributed by atoms with Crippen molar-refractivity contribution < 1.29 is 43.3 Å². The predicted molar refractivity (Wildman–Crippen MR) is 204 cm³/mol. The summed E-state index contributed by atoms with van der Waals surface area (Å²) in [6, 6.07) is -2.22. The summed E-state index contributed by atoms with van der Waals surface area (Å²) in [5, 5.41) is 14.3. The minimum Gasteiger partial charge on any atom is -0.467 e. The molecule has 0 aromatic carbocycles. The van der Waals surface area contributed by atoms with Gasteiger partial charge in [0.1, 0.15) is 18.8 Å². The molecule has 0 aromatic rings. The molecular formula is C39H72N2O9S. The lowest BCUT2D eigenvalue weighted by atomic mass is 10.0. The van der Waals surface area contributed by atoms with E-state index in [1.165, 1.54) is 109 Å². The van der Waals surface area contributed by atoms with Crippen molar-refractivity contribution in [2.45, 2.75) is 187 Å². The van der Waals surface area contributed by atoms with Crippen molar-refractivity contribution in [1.82, 2.24) is 10.6 Å². The minimum absolute atomic E-state index is 0.00131. The molecule has 0 unspecified atom stereocenters. The minimum atomic E-state index is -1.25. The molecule has 0 heterocycles. The van der Waals surface area contributed by atoms with E-state index in [4.69, 9.17) is 9.47 Å². The van der Waals surface area contributed by atoms with E-state index in [0.717, 1.165) is 45.6 Å². The van der Waals surface area contributed by atoms with Crippen LogP contribution in [0.25, 0.3) is 0 Å². The molecule has 0 rings (SSSR count). The summed E-state index contributed by atoms with van der Waals surface area (Å²) in [6.07, 6.45) is 24.3. The first-order chi connectivity index (χ1) is 24.7. The Morgan fingerprint density at radius 1 is 0.667 bits per heavy atom. The quantitative estimate of drug-likeness (QED) is 0.0341. The highest BCUT2D eigenvalue weighted by Crippen LogP contribution is 2.17. The van der Waals surface area contributed by atoms with E-state index in [1.807, 2.05) is 0 Å². The van der Waals surface area contributed by atoms with Gasteiger partial charge in [-0.15, -0.1) is 0 Å². The number of hydrogen-bond donors (Lipinski definition) is 3. The Hall–Kier alpha value is -2.34. The molecule has 0 aliphatic carbocycles. The molecule has 2 amide bonds. The van der Waals surface area contributed by atoms with Gasteiger partial charge in [0.05, 0.1) is 20.1 Å². The summed E-state index contributed by atoms with van der Waals surface area (Å²) in [7, 11) is 1.14. The lowest BCUT2D eigenvalue weighted by Gasteiger charge is -2.20. The number of methoxy groups -OCH3 is 1. The van der Waals surface area contributed by atoms with Crippen LogP contribution in [0.4, 0.5) is 0 Å². The van der Waals surface area contributed by atoms with Gasteiger partial charge in [0.25, 0.3) is 0 Å². The van der Waals surface area contributed by atoms with Gasteiger partial charge in [-0.3, -0.25) is 19.2 Å². The van der Waals surface area contributed by atoms with Crippen LogP contribution in [0.5, 0.6) is 0 Å². The highest BCUT2D eigenvalue weighted by Gasteiger charge is 2.26. The predicted octanol–water partition coefficient (Wildman–Crippen LogP) is 7.34. The average Bonchev–Trinajstić information content (AvgIpc) is 3.10. The van der Waals surface area contributed by atoms with Crippen LogP contribution in [0.15, 0.2) is 0 Å². The normalized spacial score (nSPS) is 12.8. The van der Waals surface area contributed by atoms with Crippen molar-refractivity contribution in [3.8, 4) is 0 Å². The van der Waals surface area contributed by atoms with E-state index >= 15 is 0 Å². The Morgan fingerprint density at radius 3 is 1.67 bits per heavy atom. The van der Waals surface area contributed by atoms with Crippen molar-refractivity contribution in [2.75, 3.05) is 31.8 Å². The van der Waals surface area contributed by atoms with E-state index in [-0.39, 0.29) is 24.7 Å². The van der Waals surface area contributed by atoms with E-state index in [2.05, 4.69) is 29.2 Å². The molecule has 11 nitrogen and oxygen atoms in total. The zero-order valence-electron chi connectivity index (χ0n) is 32.4. The topological polar surface area (TPSA) is 157 Å². The first kappa shape index (κ1) is 48.7. The standard InChI is InChI=1S/C39H72N2O9S/c1-5-7-9-11-13-15-16-18-20-22-24-26-36(44)50-33(25-23-21-19-17-14-12-10-8-6-2)29-37(45)49-27-28-51-31-35(40-32(3)43)38(46)41-34(30-42)39(47)48-4/h33-35,42H,5-31H2,1-4H3,(H,40,43)(H,41,46)/t33-,34+,35+/m1/s1. The molecule has 298 valence electrons. The molecule has 3 atom stereocenters. The molecule has 0 saturated heterocycles. The first-order valence-electron chi connectivity index (χ1n) is 19.9. The number of aliphatic hydroxyl groups excluding tert-OH is 1. The fraction of sp³-hybridized carbons (Fsp3) is 0.872. The van der Waals surface area contributed by atoms with Crippen molar-refractivity contribution in [3.05, 3.63) is 0 Å². The van der Waals surface area contributed by atoms with E-state index in [1.54, 1.807) is 0 Å². The second-order valence-electron chi connectivity index (χ2n) is 13.5. The first-order valence-corrected chi connectivity index (χ1v) is 21.0. The van der Waals surface area contributed by atoms with Crippen LogP contribution in [0.1, 0.15) is 168 Å². The maximum atomic E-state index is 12.7. The number of ether oxygens (including phenoxy) is 3. The third-order valence-corrected chi connectivity index (χ3v) is 9.78. The van der Waals surface area contributed by atoms with Gasteiger partial charge in [-0.05, 0) is 19.3 Å². The zero-order valence-corrected chi connectivity index (χ0v) is 33.3. The number of esters is 3. The van der Waals surface area contributed by atoms with Crippen LogP contribution in [0.2, 0.25) is 0 Å². The number of unbranched alkanes of at least 4 members (excludes halogenated alkanes) is 18. The van der Waals surface area contributed by atoms with E-state index < -0.39 is 48.5 Å². The number of carbonyl (C=O) groups is 5. The van der Waals surface area contributed by atoms with Gasteiger partial charge in [-0.1, -0.05) is 129 Å². The number of rotatable bonds is 35. The lowest BCUT2D eigenvalue weighted by molar-refractivity contribution is -0.155. The number of hydrogen-bond acceptors (Lipinski definition) is 10. The Bertz CT molecular complexity index is 921. The van der Waals surface area contributed by atoms with Crippen LogP contribution in [-0.2, 0) is 38.2 Å². The lowest BCUT2D eigenvalue weighted by Crippen LogP contribution is -2.53. The Kier molecular flexibility index (Phi) is 33.1. The number of nitrogens with one attached hydrogen (secondary N) is 2. The molecule has 0 bridgehead atoms. The van der Waals surface area contributed by atoms with Crippen LogP contribution >= 0.6 is 11.8 Å². The van der Waals surface area contributed by atoms with Gasteiger partial charge < -0.3 is 30.0 Å². The second-order valence-corrected chi connectivity index (χ2v) is 14.7. The molecule has 0 fully saturated rings. The van der Waals surface area contributed by atoms with Crippen LogP contribution in [0, 0.1) is 0 Å². The average molecular weight is 745 g/mol. The summed E-state index contributed by atoms with van der Waals surface area (Å²) >= 11 is 1.28. The molecule has 0 spiro atoms. The summed E-state index contributed by atoms with van der Waals surface area (Å²) in [5.41, 5.74) is 0. The molecule has 0 saturated carbocycles. The Balaban J connectivity index is 4.69. The van der Waals surface area contributed by atoms with Gasteiger partial charge in [0, 0.05) is 24.9 Å². The molecular weight excluding hydrogens is 673 g/mol. The van der Waals surface area contributed by atoms with Crippen molar-refractivity contribution in [1.29, 1.82) is 0 Å². The number of aliphatic hydroxyl groups is 1. The molecule has 0 aliphatic heterocycles. The third kappa shape index (κ3) is 29.9. The fourth-order valence-electron chi connectivity index (χ4n) is 5.75. The molecule has 0 radical (unpaired) electrons. The number of amides is 2. The molecule has 3 N–H and O–H groups in total. The highest BCUT2D eigenvalue weighted by atomic mass is 32.2. The molecule has 0 aliphatic rings. The van der Waals surface area contributed by atoms with Crippen LogP contribution in [0.3, 0.4) is 0 Å². The highest BCUT2D eigenvalue weighted by molar-refractivity contribution is 7.99. The largest absolute Gasteiger partial charge is 0.467 e. The molecule has 0 aromatic heterocycles. The summed E-state index contributed by atoms with van der Waals surface area (Å²) < 4.78 is 15.8. The fourth-order valence-corrected chi connectivity index (χ4v) is 6.58. The van der Waals surface area contributed by atoms with Gasteiger partial charge >= 0.3 is 17.9 Å². The van der Waals surface area contributed by atoms with Crippen molar-refractivity contribution >= 4 is 41.5 Å². The maximum absolute atomic E-state index is 12.7. The monoisotopic (exact) mass is 744 g/mol. The smallest absolute Gasteiger partial charge is 0.330 e. The Morgan fingerprint density at radius 2 is 1.18 bits per heavy atom. The number of thioether (sulfide) groups is 1. The van der Waals surface area contributed by atoms with Gasteiger partial charge in [-0.2, -0.15) is 11.8 Å². The molecule has 51 heavy (non-hydrogen) atoms. The Labute approximate surface area is 313 Å². The van der Waals surface area contributed by atoms with Gasteiger partial charge in [0.2, 0.25) is 11.8 Å². The zero-order chi connectivity index (χ0) is 38.0. The SMILES string of the molecule is CCCCCCCCCCCCCC(=O)O[C@H](CCCCCCCCCCC)CC(=O)OCCSC[C@H](NC(C)=O)C(=O)N[C@@H](CO)C(=O)OC. The maximum Gasteiger partial charge on any atom is 0.330 e. The third-order valence-electron chi connectivity index (χ3n) is 8.76. The van der Waals surface area contributed by atoms with Crippen LogP contribution < -0.4 is 10.6 Å². The van der Waals surface area contributed by atoms with Gasteiger partial charge in [-0.25, -0.2) is 4.79 Å². The molecule has 12 heteroatoms. The van der Waals surface area contributed by atoms with E-state index in [0.29, 0.717) is 18.6 Å².